The smallest absolute Gasteiger partial charge is 0.192 e. The molecule has 0 aromatic carbocycles. The Kier molecular flexibility index (Phi) is 7.02. The van der Waals surface area contributed by atoms with Gasteiger partial charge in [0.1, 0.15) is 0 Å². The first-order chi connectivity index (χ1) is 15.6. The van der Waals surface area contributed by atoms with Gasteiger partial charge in [-0.3, -0.25) is 14.3 Å². The van der Waals surface area contributed by atoms with Gasteiger partial charge in [-0.25, -0.2) is 0 Å². The molecule has 0 unspecified atom stereocenters. The van der Waals surface area contributed by atoms with Gasteiger partial charge in [-0.05, 0) is 49.9 Å². The molecule has 0 bridgehead atoms. The van der Waals surface area contributed by atoms with Crippen LogP contribution in [-0.2, 0) is 19.5 Å². The van der Waals surface area contributed by atoms with Crippen LogP contribution in [0.25, 0.3) is 11.4 Å². The Balaban J connectivity index is 1.48. The number of ketones is 1. The molecule has 0 N–H and O–H groups in total. The van der Waals surface area contributed by atoms with Crippen LogP contribution in [0, 0.1) is 13.8 Å². The molecule has 4 aromatic rings. The van der Waals surface area contributed by atoms with Gasteiger partial charge in [-0.15, -0.1) is 28.1 Å². The highest BCUT2D eigenvalue weighted by Crippen LogP contribution is 2.26. The Morgan fingerprint density at radius 3 is 2.72 bits per heavy atom. The molecule has 8 heteroatoms. The highest BCUT2D eigenvalue weighted by atomic mass is 32.2. The number of hydrogen-bond acceptors (Lipinski definition) is 6. The third-order valence-electron chi connectivity index (χ3n) is 5.34. The minimum atomic E-state index is 0.101. The summed E-state index contributed by atoms with van der Waals surface area (Å²) in [4.78, 5) is 18.5. The van der Waals surface area contributed by atoms with Crippen molar-refractivity contribution in [1.29, 1.82) is 0 Å². The molecule has 0 aliphatic carbocycles. The maximum atomic E-state index is 13.1. The predicted molar refractivity (Wildman–Crippen MR) is 130 cm³/mol. The van der Waals surface area contributed by atoms with Gasteiger partial charge >= 0.3 is 0 Å². The van der Waals surface area contributed by atoms with Crippen LogP contribution in [0.4, 0.5) is 0 Å². The number of carbonyl (C=O) groups excluding carboxylic acids is 1. The normalized spacial score (nSPS) is 11.1. The fraction of sp³-hybridized carbons (Fsp3) is 0.250. The second kappa shape index (κ2) is 10.1. The molecule has 0 aliphatic heterocycles. The second-order valence-electron chi connectivity index (χ2n) is 7.42. The lowest BCUT2D eigenvalue weighted by Gasteiger charge is -2.09. The molecule has 0 fully saturated rings. The van der Waals surface area contributed by atoms with Gasteiger partial charge in [0.25, 0.3) is 0 Å². The number of rotatable bonds is 10. The molecule has 164 valence electrons. The van der Waals surface area contributed by atoms with Crippen molar-refractivity contribution in [3.63, 3.8) is 0 Å². The zero-order valence-electron chi connectivity index (χ0n) is 18.2. The van der Waals surface area contributed by atoms with E-state index >= 15 is 0 Å². The van der Waals surface area contributed by atoms with Gasteiger partial charge < -0.3 is 4.57 Å². The van der Waals surface area contributed by atoms with E-state index in [9.17, 15) is 4.79 Å². The standard InChI is InChI=1S/C24H25N5OS2/c1-4-12-29-23(19-7-10-25-11-8-19)26-27-24(29)32-16-22(30)21-15-17(2)28(18(21)3)13-9-20-6-5-14-31-20/h4-8,10-11,14-15H,1,9,12-13,16H2,2-3H3. The molecular weight excluding hydrogens is 438 g/mol. The van der Waals surface area contributed by atoms with Crippen molar-refractivity contribution in [2.75, 3.05) is 5.75 Å². The number of pyridine rings is 1. The molecule has 32 heavy (non-hydrogen) atoms. The number of thioether (sulfide) groups is 1. The van der Waals surface area contributed by atoms with Crippen LogP contribution >= 0.6 is 23.1 Å². The lowest BCUT2D eigenvalue weighted by Crippen LogP contribution is -2.09. The first-order valence-corrected chi connectivity index (χ1v) is 12.2. The first kappa shape index (κ1) is 22.2. The number of allylic oxidation sites excluding steroid dienone is 1. The van der Waals surface area contributed by atoms with Crippen molar-refractivity contribution in [2.45, 2.75) is 38.5 Å². The van der Waals surface area contributed by atoms with E-state index in [-0.39, 0.29) is 5.78 Å². The third-order valence-corrected chi connectivity index (χ3v) is 7.24. The number of carbonyl (C=O) groups is 1. The highest BCUT2D eigenvalue weighted by Gasteiger charge is 2.19. The van der Waals surface area contributed by atoms with Crippen molar-refractivity contribution in [3.05, 3.63) is 82.6 Å². The fourth-order valence-corrected chi connectivity index (χ4v) is 5.25. The largest absolute Gasteiger partial charge is 0.348 e. The van der Waals surface area contributed by atoms with E-state index in [1.54, 1.807) is 29.8 Å². The number of nitrogens with zero attached hydrogens (tertiary/aromatic N) is 5. The molecule has 6 nitrogen and oxygen atoms in total. The Bertz CT molecular complexity index is 1210. The topological polar surface area (TPSA) is 65.6 Å². The predicted octanol–water partition coefficient (Wildman–Crippen LogP) is 5.22. The van der Waals surface area contributed by atoms with Crippen molar-refractivity contribution in [2.24, 2.45) is 0 Å². The Hall–Kier alpha value is -2.97. The van der Waals surface area contributed by atoms with E-state index in [0.29, 0.717) is 17.5 Å². The van der Waals surface area contributed by atoms with Gasteiger partial charge in [-0.1, -0.05) is 23.9 Å². The lowest BCUT2D eigenvalue weighted by molar-refractivity contribution is 0.102. The van der Waals surface area contributed by atoms with Crippen LogP contribution < -0.4 is 0 Å². The summed E-state index contributed by atoms with van der Waals surface area (Å²) in [6.07, 6.45) is 6.24. The Morgan fingerprint density at radius 2 is 2.00 bits per heavy atom. The number of thiophene rings is 1. The monoisotopic (exact) mass is 463 g/mol. The van der Waals surface area contributed by atoms with E-state index in [0.717, 1.165) is 41.3 Å². The molecule has 0 saturated carbocycles. The maximum Gasteiger partial charge on any atom is 0.192 e. The molecule has 4 aromatic heterocycles. The third kappa shape index (κ3) is 4.76. The van der Waals surface area contributed by atoms with Gasteiger partial charge in [0.15, 0.2) is 16.8 Å². The quantitative estimate of drug-likeness (QED) is 0.183. The van der Waals surface area contributed by atoms with Gasteiger partial charge in [-0.2, -0.15) is 0 Å². The summed E-state index contributed by atoms with van der Waals surface area (Å²) < 4.78 is 4.21. The zero-order chi connectivity index (χ0) is 22.5. The molecule has 0 radical (unpaired) electrons. The molecule has 0 aliphatic rings. The SMILES string of the molecule is C=CCn1c(SCC(=O)c2cc(C)n(CCc3cccs3)c2C)nnc1-c1ccncc1. The molecule has 4 heterocycles. The lowest BCUT2D eigenvalue weighted by atomic mass is 10.2. The number of aryl methyl sites for hydroxylation is 2. The molecule has 0 saturated heterocycles. The number of Topliss-reactive ketones (excluding diaryl/α,β-unsaturated/α-hetero) is 1. The van der Waals surface area contributed by atoms with E-state index in [4.69, 9.17) is 0 Å². The summed E-state index contributed by atoms with van der Waals surface area (Å²) in [6.45, 7) is 9.38. The van der Waals surface area contributed by atoms with E-state index in [1.807, 2.05) is 29.7 Å². The molecular formula is C24H25N5OS2. The molecule has 4 rings (SSSR count). The van der Waals surface area contributed by atoms with Crippen molar-refractivity contribution < 1.29 is 4.79 Å². The second-order valence-corrected chi connectivity index (χ2v) is 9.39. The summed E-state index contributed by atoms with van der Waals surface area (Å²) in [5.74, 6) is 1.15. The average molecular weight is 464 g/mol. The minimum Gasteiger partial charge on any atom is -0.348 e. The summed E-state index contributed by atoms with van der Waals surface area (Å²) in [6, 6.07) is 10.0. The van der Waals surface area contributed by atoms with Gasteiger partial charge in [0.05, 0.1) is 5.75 Å². The van der Waals surface area contributed by atoms with E-state index in [2.05, 4.69) is 50.8 Å². The van der Waals surface area contributed by atoms with Crippen LogP contribution in [0.2, 0.25) is 0 Å². The Morgan fingerprint density at radius 1 is 1.19 bits per heavy atom. The number of hydrogen-bond donors (Lipinski definition) is 0. The van der Waals surface area contributed by atoms with Crippen molar-refractivity contribution in [1.82, 2.24) is 24.3 Å². The van der Waals surface area contributed by atoms with Gasteiger partial charge in [0.2, 0.25) is 0 Å². The van der Waals surface area contributed by atoms with Crippen LogP contribution in [0.5, 0.6) is 0 Å². The molecule has 0 atom stereocenters. The van der Waals surface area contributed by atoms with Crippen LogP contribution in [-0.4, -0.2) is 35.9 Å². The van der Waals surface area contributed by atoms with E-state index in [1.165, 1.54) is 16.6 Å². The Labute approximate surface area is 196 Å². The first-order valence-electron chi connectivity index (χ1n) is 10.4. The highest BCUT2D eigenvalue weighted by molar-refractivity contribution is 7.99. The zero-order valence-corrected chi connectivity index (χ0v) is 19.8. The number of aromatic nitrogens is 5. The summed E-state index contributed by atoms with van der Waals surface area (Å²) >= 11 is 3.18. The molecule has 0 spiro atoms. The average Bonchev–Trinajstić information content (AvgIpc) is 3.52. The van der Waals surface area contributed by atoms with Crippen LogP contribution in [0.3, 0.4) is 0 Å². The fourth-order valence-electron chi connectivity index (χ4n) is 3.72. The van der Waals surface area contributed by atoms with Crippen molar-refractivity contribution in [3.8, 4) is 11.4 Å². The van der Waals surface area contributed by atoms with Crippen LogP contribution in [0.1, 0.15) is 26.6 Å². The van der Waals surface area contributed by atoms with E-state index < -0.39 is 0 Å². The van der Waals surface area contributed by atoms with Crippen molar-refractivity contribution >= 4 is 28.9 Å². The summed E-state index contributed by atoms with van der Waals surface area (Å²) in [5, 5.41) is 11.5. The maximum absolute atomic E-state index is 13.1. The summed E-state index contributed by atoms with van der Waals surface area (Å²) in [7, 11) is 0. The van der Waals surface area contributed by atoms with Crippen LogP contribution in [0.15, 0.2) is 65.9 Å². The minimum absolute atomic E-state index is 0.101. The van der Waals surface area contributed by atoms with Gasteiger partial charge in [0, 0.05) is 52.9 Å². The molecule has 0 amide bonds. The summed E-state index contributed by atoms with van der Waals surface area (Å²) in [5.41, 5.74) is 3.85.